The van der Waals surface area contributed by atoms with Gasteiger partial charge in [-0.25, -0.2) is 13.8 Å². The smallest absolute Gasteiger partial charge is 0.278 e. The highest BCUT2D eigenvalue weighted by Gasteiger charge is 2.24. The summed E-state index contributed by atoms with van der Waals surface area (Å²) in [6, 6.07) is 16.7. The van der Waals surface area contributed by atoms with Crippen LogP contribution in [0.2, 0.25) is 5.02 Å². The molecule has 0 aliphatic heterocycles. The first-order valence-electron chi connectivity index (χ1n) is 10.9. The lowest BCUT2D eigenvalue weighted by Crippen LogP contribution is -2.40. The van der Waals surface area contributed by atoms with Crippen LogP contribution in [0, 0.1) is 24.1 Å². The number of nitrogens with zero attached hydrogens (tertiary/aromatic N) is 5. The Kier molecular flexibility index (Phi) is 5.92. The quantitative estimate of drug-likeness (QED) is 0.352. The number of halogens is 2. The van der Waals surface area contributed by atoms with Gasteiger partial charge in [0.15, 0.2) is 0 Å². The van der Waals surface area contributed by atoms with Crippen molar-refractivity contribution in [3.05, 3.63) is 110 Å². The van der Waals surface area contributed by atoms with Gasteiger partial charge >= 0.3 is 5.69 Å². The minimum Gasteiger partial charge on any atom is -0.278 e. The summed E-state index contributed by atoms with van der Waals surface area (Å²) in [5, 5.41) is 10.2. The van der Waals surface area contributed by atoms with Crippen molar-refractivity contribution in [3.8, 4) is 34.1 Å². The van der Waals surface area contributed by atoms with E-state index in [1.54, 1.807) is 25.3 Å². The molecule has 176 valence electrons. The second kappa shape index (κ2) is 9.21. The van der Waals surface area contributed by atoms with E-state index in [-0.39, 0.29) is 34.1 Å². The number of aryl methyl sites for hydroxylation is 1. The van der Waals surface area contributed by atoms with E-state index in [4.69, 9.17) is 11.6 Å². The minimum atomic E-state index is -0.714. The van der Waals surface area contributed by atoms with Crippen LogP contribution in [0.1, 0.15) is 5.56 Å². The number of nitriles is 1. The molecule has 0 spiro atoms. The molecule has 3 heterocycles. The lowest BCUT2D eigenvalue weighted by molar-refractivity contribution is 0.628. The van der Waals surface area contributed by atoms with Crippen molar-refractivity contribution in [1.82, 2.24) is 19.1 Å². The Bertz CT molecular complexity index is 1820. The Hall–Kier alpha value is -4.61. The Morgan fingerprint density at radius 3 is 2.58 bits per heavy atom. The molecule has 0 fully saturated rings. The van der Waals surface area contributed by atoms with Crippen molar-refractivity contribution in [1.29, 1.82) is 5.26 Å². The van der Waals surface area contributed by atoms with E-state index in [2.05, 4.69) is 9.97 Å². The number of fused-ring (bicyclic) bond motifs is 1. The number of rotatable bonds is 4. The summed E-state index contributed by atoms with van der Waals surface area (Å²) in [5.41, 5.74) is 1.32. The van der Waals surface area contributed by atoms with Gasteiger partial charge in [-0.2, -0.15) is 5.26 Å². The van der Waals surface area contributed by atoms with E-state index >= 15 is 0 Å². The van der Waals surface area contributed by atoms with Gasteiger partial charge in [0.1, 0.15) is 12.4 Å². The first-order valence-corrected chi connectivity index (χ1v) is 11.3. The van der Waals surface area contributed by atoms with Crippen LogP contribution in [0.3, 0.4) is 0 Å². The Morgan fingerprint density at radius 1 is 1.03 bits per heavy atom. The standard InChI is InChI=1S/C27H17ClFN5O2/c1-16-10-20(15-31-13-16)34-26(35)24(18-6-7-22(29)21(28)12-18)25(33(9-8-30)27(34)36)19-11-17-4-2-3-5-23(17)32-14-19/h2-7,10-15H,9H2,1H3. The molecule has 0 N–H and O–H groups in total. The van der Waals surface area contributed by atoms with E-state index in [0.717, 1.165) is 27.1 Å². The van der Waals surface area contributed by atoms with Gasteiger partial charge in [0.25, 0.3) is 5.56 Å². The zero-order valence-electron chi connectivity index (χ0n) is 18.9. The molecule has 0 bridgehead atoms. The van der Waals surface area contributed by atoms with Gasteiger partial charge in [-0.3, -0.25) is 19.3 Å². The molecule has 0 aliphatic rings. The maximum Gasteiger partial charge on any atom is 0.337 e. The highest BCUT2D eigenvalue weighted by atomic mass is 35.5. The molecular formula is C27H17ClFN5O2. The number of benzene rings is 2. The van der Waals surface area contributed by atoms with Crippen LogP contribution >= 0.6 is 11.6 Å². The predicted molar refractivity (Wildman–Crippen MR) is 136 cm³/mol. The third-order valence-corrected chi connectivity index (χ3v) is 6.06. The summed E-state index contributed by atoms with van der Waals surface area (Å²) in [5.74, 6) is -0.650. The Morgan fingerprint density at radius 2 is 1.83 bits per heavy atom. The summed E-state index contributed by atoms with van der Waals surface area (Å²) in [6.45, 7) is 1.44. The van der Waals surface area contributed by atoms with Crippen LogP contribution in [0.25, 0.3) is 39.0 Å². The topological polar surface area (TPSA) is 93.6 Å². The molecule has 9 heteroatoms. The maximum absolute atomic E-state index is 14.0. The van der Waals surface area contributed by atoms with Crippen LogP contribution in [0.15, 0.2) is 82.8 Å². The summed E-state index contributed by atoms with van der Waals surface area (Å²) < 4.78 is 16.2. The average molecular weight is 498 g/mol. The zero-order chi connectivity index (χ0) is 25.4. The zero-order valence-corrected chi connectivity index (χ0v) is 19.7. The van der Waals surface area contributed by atoms with E-state index in [1.165, 1.54) is 29.1 Å². The van der Waals surface area contributed by atoms with Gasteiger partial charge in [0.05, 0.1) is 39.8 Å². The SMILES string of the molecule is Cc1cncc(-n2c(=O)c(-c3ccc(F)c(Cl)c3)c(-c3cnc4ccccc4c3)n(CC#N)c2=O)c1. The summed E-state index contributed by atoms with van der Waals surface area (Å²) in [7, 11) is 0. The third-order valence-electron chi connectivity index (χ3n) is 5.77. The van der Waals surface area contributed by atoms with Gasteiger partial charge in [0.2, 0.25) is 0 Å². The van der Waals surface area contributed by atoms with Gasteiger partial charge in [-0.1, -0.05) is 35.9 Å². The molecule has 3 aromatic heterocycles. The number of hydrogen-bond acceptors (Lipinski definition) is 5. The molecule has 2 aromatic carbocycles. The van der Waals surface area contributed by atoms with E-state index in [1.807, 2.05) is 30.3 Å². The summed E-state index contributed by atoms with van der Waals surface area (Å²) in [4.78, 5) is 36.3. The fraction of sp³-hybridized carbons (Fsp3) is 0.0741. The molecular weight excluding hydrogens is 481 g/mol. The maximum atomic E-state index is 14.0. The largest absolute Gasteiger partial charge is 0.337 e. The molecule has 7 nitrogen and oxygen atoms in total. The molecule has 0 saturated carbocycles. The molecule has 0 aliphatic carbocycles. The third kappa shape index (κ3) is 3.96. The van der Waals surface area contributed by atoms with Crippen molar-refractivity contribution in [2.24, 2.45) is 0 Å². The number of hydrogen-bond donors (Lipinski definition) is 0. The van der Waals surface area contributed by atoms with Crippen molar-refractivity contribution >= 4 is 22.5 Å². The molecule has 5 aromatic rings. The van der Waals surface area contributed by atoms with Crippen molar-refractivity contribution in [3.63, 3.8) is 0 Å². The fourth-order valence-electron chi connectivity index (χ4n) is 4.17. The van der Waals surface area contributed by atoms with Crippen molar-refractivity contribution in [2.45, 2.75) is 13.5 Å². The molecule has 36 heavy (non-hydrogen) atoms. The van der Waals surface area contributed by atoms with Crippen LogP contribution in [-0.4, -0.2) is 19.1 Å². The second-order valence-electron chi connectivity index (χ2n) is 8.16. The van der Waals surface area contributed by atoms with E-state index in [9.17, 15) is 19.2 Å². The first-order chi connectivity index (χ1) is 17.4. The van der Waals surface area contributed by atoms with Crippen LogP contribution < -0.4 is 11.2 Å². The van der Waals surface area contributed by atoms with Gasteiger partial charge in [-0.05, 0) is 48.4 Å². The van der Waals surface area contributed by atoms with Crippen LogP contribution in [0.4, 0.5) is 4.39 Å². The highest BCUT2D eigenvalue weighted by molar-refractivity contribution is 6.31. The second-order valence-corrected chi connectivity index (χ2v) is 8.56. The predicted octanol–water partition coefficient (Wildman–Crippen LogP) is 4.90. The number of pyridine rings is 2. The molecule has 0 radical (unpaired) electrons. The van der Waals surface area contributed by atoms with Crippen molar-refractivity contribution in [2.75, 3.05) is 0 Å². The number of para-hydroxylation sites is 1. The van der Waals surface area contributed by atoms with E-state index < -0.39 is 17.1 Å². The van der Waals surface area contributed by atoms with Gasteiger partial charge < -0.3 is 0 Å². The lowest BCUT2D eigenvalue weighted by atomic mass is 9.99. The normalized spacial score (nSPS) is 10.9. The Labute approximate surface area is 209 Å². The summed E-state index contributed by atoms with van der Waals surface area (Å²) >= 11 is 6.08. The number of aromatic nitrogens is 4. The molecule has 0 unspecified atom stereocenters. The van der Waals surface area contributed by atoms with E-state index in [0.29, 0.717) is 5.56 Å². The van der Waals surface area contributed by atoms with Gasteiger partial charge in [0, 0.05) is 23.3 Å². The molecule has 0 amide bonds. The highest BCUT2D eigenvalue weighted by Crippen LogP contribution is 2.32. The van der Waals surface area contributed by atoms with Crippen LogP contribution in [-0.2, 0) is 6.54 Å². The van der Waals surface area contributed by atoms with Gasteiger partial charge in [-0.15, -0.1) is 0 Å². The summed E-state index contributed by atoms with van der Waals surface area (Å²) in [6.07, 6.45) is 4.53. The minimum absolute atomic E-state index is 0.0744. The molecule has 5 rings (SSSR count). The molecule has 0 atom stereocenters. The average Bonchev–Trinajstić information content (AvgIpc) is 2.87. The molecule has 0 saturated heterocycles. The Balaban J connectivity index is 1.96. The van der Waals surface area contributed by atoms with Crippen LogP contribution in [0.5, 0.6) is 0 Å². The van der Waals surface area contributed by atoms with Crippen molar-refractivity contribution < 1.29 is 4.39 Å². The monoisotopic (exact) mass is 497 g/mol. The lowest BCUT2D eigenvalue weighted by Gasteiger charge is -2.19. The fourth-order valence-corrected chi connectivity index (χ4v) is 4.35. The first kappa shape index (κ1) is 23.1.